The Hall–Kier alpha value is -1.57. The summed E-state index contributed by atoms with van der Waals surface area (Å²) in [5, 5.41) is 3.83. The summed E-state index contributed by atoms with van der Waals surface area (Å²) in [6, 6.07) is 1.89. The van der Waals surface area contributed by atoms with Crippen LogP contribution in [0.2, 0.25) is 0 Å². The molecule has 1 rings (SSSR count). The van der Waals surface area contributed by atoms with Crippen LogP contribution in [0, 0.1) is 0 Å². The summed E-state index contributed by atoms with van der Waals surface area (Å²) in [6.07, 6.45) is 11.5. The van der Waals surface area contributed by atoms with Crippen molar-refractivity contribution in [3.63, 3.8) is 0 Å². The molecule has 0 aliphatic heterocycles. The number of aryl methyl sites for hydroxylation is 1. The van der Waals surface area contributed by atoms with Gasteiger partial charge in [0, 0.05) is 19.4 Å². The molecule has 1 aromatic heterocycles. The van der Waals surface area contributed by atoms with Crippen molar-refractivity contribution in [3.05, 3.63) is 54.9 Å². The van der Waals surface area contributed by atoms with Gasteiger partial charge < -0.3 is 0 Å². The van der Waals surface area contributed by atoms with Gasteiger partial charge in [-0.3, -0.25) is 4.68 Å². The molecule has 2 nitrogen and oxygen atoms in total. The zero-order chi connectivity index (χ0) is 12.8. The summed E-state index contributed by atoms with van der Waals surface area (Å²) >= 11 is 0. The third-order valence-electron chi connectivity index (χ3n) is 1.51. The van der Waals surface area contributed by atoms with Crippen LogP contribution in [-0.2, 0) is 7.05 Å². The molecule has 0 aromatic carbocycles. The molecule has 0 spiro atoms. The van der Waals surface area contributed by atoms with E-state index in [9.17, 15) is 0 Å². The Balaban J connectivity index is 0. The molecule has 0 N–H and O–H groups in total. The SMILES string of the molecule is C=C/C(C)=C\C=C/C.CC.Cn1cccn1. The van der Waals surface area contributed by atoms with E-state index in [1.165, 1.54) is 5.57 Å². The fraction of sp³-hybridized carbons (Fsp3) is 0.357. The van der Waals surface area contributed by atoms with E-state index in [0.29, 0.717) is 0 Å². The molecule has 0 unspecified atom stereocenters. The van der Waals surface area contributed by atoms with E-state index in [1.54, 1.807) is 10.9 Å². The van der Waals surface area contributed by atoms with Gasteiger partial charge in [-0.2, -0.15) is 5.10 Å². The van der Waals surface area contributed by atoms with E-state index in [-0.39, 0.29) is 0 Å². The molecule has 0 amide bonds. The summed E-state index contributed by atoms with van der Waals surface area (Å²) < 4.78 is 1.75. The number of hydrogen-bond donors (Lipinski definition) is 0. The molecule has 16 heavy (non-hydrogen) atoms. The standard InChI is InChI=1S/C8H12.C4H6N2.C2H6/c1-4-6-7-8(3)5-2;1-6-4-2-3-5-6;1-2/h4-7H,2H2,1,3H3;2-4H,1H3;1-2H3/b6-4-,8-7-;;. The zero-order valence-corrected chi connectivity index (χ0v) is 11.1. The van der Waals surface area contributed by atoms with E-state index in [1.807, 2.05) is 71.3 Å². The first-order valence-electron chi connectivity index (χ1n) is 5.56. The molecule has 0 fully saturated rings. The Labute approximate surface area is 100.0 Å². The lowest BCUT2D eigenvalue weighted by Crippen LogP contribution is -1.83. The minimum absolute atomic E-state index is 1.20. The van der Waals surface area contributed by atoms with Crippen LogP contribution in [0.3, 0.4) is 0 Å². The maximum atomic E-state index is 3.83. The van der Waals surface area contributed by atoms with Crippen LogP contribution in [0.4, 0.5) is 0 Å². The highest BCUT2D eigenvalue weighted by molar-refractivity contribution is 5.18. The summed E-state index contributed by atoms with van der Waals surface area (Å²) in [5.74, 6) is 0. The molecule has 0 atom stereocenters. The second-order valence-corrected chi connectivity index (χ2v) is 2.82. The first-order valence-corrected chi connectivity index (χ1v) is 5.56. The monoisotopic (exact) mass is 220 g/mol. The van der Waals surface area contributed by atoms with Gasteiger partial charge in [0.1, 0.15) is 0 Å². The summed E-state index contributed by atoms with van der Waals surface area (Å²) in [4.78, 5) is 0. The van der Waals surface area contributed by atoms with Crippen molar-refractivity contribution in [3.8, 4) is 0 Å². The maximum absolute atomic E-state index is 3.83. The van der Waals surface area contributed by atoms with Gasteiger partial charge in [-0.05, 0) is 19.9 Å². The van der Waals surface area contributed by atoms with Gasteiger partial charge in [0.15, 0.2) is 0 Å². The normalized spacial score (nSPS) is 9.94. The average molecular weight is 220 g/mol. The molecule has 1 aromatic rings. The molecular weight excluding hydrogens is 196 g/mol. The number of aromatic nitrogens is 2. The lowest BCUT2D eigenvalue weighted by Gasteiger charge is -1.81. The number of hydrogen-bond acceptors (Lipinski definition) is 1. The Kier molecular flexibility index (Phi) is 14.1. The molecule has 2 heteroatoms. The molecular formula is C14H24N2. The number of allylic oxidation sites excluding steroid dienone is 5. The smallest absolute Gasteiger partial charge is 0.0489 e. The van der Waals surface area contributed by atoms with Crippen molar-refractivity contribution >= 4 is 0 Å². The Morgan fingerprint density at radius 3 is 2.25 bits per heavy atom. The highest BCUT2D eigenvalue weighted by Crippen LogP contribution is 1.91. The summed E-state index contributed by atoms with van der Waals surface area (Å²) in [6.45, 7) is 11.6. The highest BCUT2D eigenvalue weighted by atomic mass is 15.2. The molecule has 0 saturated heterocycles. The maximum Gasteiger partial charge on any atom is 0.0489 e. The minimum Gasteiger partial charge on any atom is -0.276 e. The van der Waals surface area contributed by atoms with Gasteiger partial charge in [-0.15, -0.1) is 0 Å². The van der Waals surface area contributed by atoms with Gasteiger partial charge >= 0.3 is 0 Å². The summed E-state index contributed by atoms with van der Waals surface area (Å²) in [7, 11) is 1.89. The lowest BCUT2D eigenvalue weighted by atomic mass is 10.3. The third-order valence-corrected chi connectivity index (χ3v) is 1.51. The number of rotatable bonds is 2. The minimum atomic E-state index is 1.20. The van der Waals surface area contributed by atoms with Crippen LogP contribution in [0.1, 0.15) is 27.7 Å². The topological polar surface area (TPSA) is 17.8 Å². The van der Waals surface area contributed by atoms with E-state index in [2.05, 4.69) is 11.7 Å². The van der Waals surface area contributed by atoms with Crippen molar-refractivity contribution in [1.29, 1.82) is 0 Å². The van der Waals surface area contributed by atoms with Crippen LogP contribution in [0.25, 0.3) is 0 Å². The van der Waals surface area contributed by atoms with Gasteiger partial charge in [-0.25, -0.2) is 0 Å². The van der Waals surface area contributed by atoms with Crippen molar-refractivity contribution in [2.75, 3.05) is 0 Å². The van der Waals surface area contributed by atoms with Crippen LogP contribution >= 0.6 is 0 Å². The first kappa shape index (κ1) is 16.8. The third kappa shape index (κ3) is 12.4. The molecule has 90 valence electrons. The predicted octanol–water partition coefficient (Wildman–Crippen LogP) is 4.14. The molecule has 0 radical (unpaired) electrons. The van der Waals surface area contributed by atoms with Crippen molar-refractivity contribution in [2.24, 2.45) is 7.05 Å². The van der Waals surface area contributed by atoms with E-state index >= 15 is 0 Å². The highest BCUT2D eigenvalue weighted by Gasteiger charge is 1.70. The second-order valence-electron chi connectivity index (χ2n) is 2.82. The fourth-order valence-corrected chi connectivity index (χ4v) is 0.661. The van der Waals surface area contributed by atoms with Crippen LogP contribution in [-0.4, -0.2) is 9.78 Å². The lowest BCUT2D eigenvalue weighted by molar-refractivity contribution is 0.768. The largest absolute Gasteiger partial charge is 0.276 e. The van der Waals surface area contributed by atoms with Gasteiger partial charge in [-0.1, -0.05) is 50.3 Å². The fourth-order valence-electron chi connectivity index (χ4n) is 0.661. The quantitative estimate of drug-likeness (QED) is 0.685. The van der Waals surface area contributed by atoms with E-state index in [4.69, 9.17) is 0 Å². The molecule has 1 heterocycles. The Morgan fingerprint density at radius 2 is 2.00 bits per heavy atom. The molecule has 0 aliphatic carbocycles. The molecule has 0 saturated carbocycles. The van der Waals surface area contributed by atoms with E-state index in [0.717, 1.165) is 0 Å². The van der Waals surface area contributed by atoms with Gasteiger partial charge in [0.05, 0.1) is 0 Å². The van der Waals surface area contributed by atoms with Crippen molar-refractivity contribution in [1.82, 2.24) is 9.78 Å². The zero-order valence-electron chi connectivity index (χ0n) is 11.1. The van der Waals surface area contributed by atoms with Crippen LogP contribution < -0.4 is 0 Å². The van der Waals surface area contributed by atoms with Gasteiger partial charge in [0.2, 0.25) is 0 Å². The van der Waals surface area contributed by atoms with Crippen molar-refractivity contribution < 1.29 is 0 Å². The summed E-state index contributed by atoms with van der Waals surface area (Å²) in [5.41, 5.74) is 1.20. The van der Waals surface area contributed by atoms with Crippen molar-refractivity contribution in [2.45, 2.75) is 27.7 Å². The number of nitrogens with zero attached hydrogens (tertiary/aromatic N) is 2. The molecule has 0 bridgehead atoms. The van der Waals surface area contributed by atoms with Crippen LogP contribution in [0.5, 0.6) is 0 Å². The first-order chi connectivity index (χ1) is 7.70. The molecule has 0 aliphatic rings. The van der Waals surface area contributed by atoms with E-state index < -0.39 is 0 Å². The van der Waals surface area contributed by atoms with Gasteiger partial charge in [0.25, 0.3) is 0 Å². The Bertz CT molecular complexity index is 293. The average Bonchev–Trinajstić information content (AvgIpc) is 2.80. The predicted molar refractivity (Wildman–Crippen MR) is 73.3 cm³/mol. The second kappa shape index (κ2) is 13.4. The Morgan fingerprint density at radius 1 is 1.38 bits per heavy atom. The van der Waals surface area contributed by atoms with Crippen LogP contribution in [0.15, 0.2) is 54.9 Å².